The summed E-state index contributed by atoms with van der Waals surface area (Å²) in [5.41, 5.74) is 2.96. The van der Waals surface area contributed by atoms with Crippen LogP contribution in [0, 0.1) is 6.92 Å². The van der Waals surface area contributed by atoms with Gasteiger partial charge in [0.05, 0.1) is 0 Å². The number of unbranched alkanes of at least 4 members (excludes halogenated alkanes) is 2. The van der Waals surface area contributed by atoms with Crippen molar-refractivity contribution < 1.29 is 9.53 Å². The molecule has 2 rings (SSSR count). The van der Waals surface area contributed by atoms with Crippen molar-refractivity contribution in [3.63, 3.8) is 0 Å². The zero-order chi connectivity index (χ0) is 17.4. The van der Waals surface area contributed by atoms with Gasteiger partial charge in [-0.05, 0) is 67.8 Å². The Morgan fingerprint density at radius 3 is 2.54 bits per heavy atom. The van der Waals surface area contributed by atoms with Gasteiger partial charge in [0.15, 0.2) is 0 Å². The van der Waals surface area contributed by atoms with E-state index in [0.29, 0.717) is 0 Å². The van der Waals surface area contributed by atoms with Crippen molar-refractivity contribution in [1.29, 1.82) is 0 Å². The van der Waals surface area contributed by atoms with Gasteiger partial charge in [0.2, 0.25) is 5.91 Å². The zero-order valence-electron chi connectivity index (χ0n) is 14.6. The van der Waals surface area contributed by atoms with E-state index in [9.17, 15) is 4.79 Å². The summed E-state index contributed by atoms with van der Waals surface area (Å²) in [6.45, 7) is 5.73. The third kappa shape index (κ3) is 5.58. The Morgan fingerprint density at radius 1 is 1.17 bits per heavy atom. The molecule has 0 saturated heterocycles. The van der Waals surface area contributed by atoms with Gasteiger partial charge < -0.3 is 10.1 Å². The number of hydrogen-bond donors (Lipinski definition) is 1. The average molecular weight is 323 g/mol. The Hall–Kier alpha value is -2.55. The Bertz CT molecular complexity index is 702. The van der Waals surface area contributed by atoms with E-state index in [2.05, 4.69) is 31.3 Å². The molecule has 1 amide bonds. The summed E-state index contributed by atoms with van der Waals surface area (Å²) in [5, 5.41) is 2.78. The number of allylic oxidation sites excluding steroid dienone is 1. The van der Waals surface area contributed by atoms with Crippen LogP contribution in [-0.2, 0) is 4.79 Å². The molecule has 0 radical (unpaired) electrons. The van der Waals surface area contributed by atoms with Crippen molar-refractivity contribution in [1.82, 2.24) is 0 Å². The van der Waals surface area contributed by atoms with Crippen LogP contribution in [0.5, 0.6) is 5.75 Å². The number of hydrogen-bond acceptors (Lipinski definition) is 2. The normalized spacial score (nSPS) is 11.2. The van der Waals surface area contributed by atoms with Crippen LogP contribution in [0.4, 0.5) is 5.69 Å². The highest BCUT2D eigenvalue weighted by Crippen LogP contribution is 2.24. The lowest BCUT2D eigenvalue weighted by Crippen LogP contribution is -2.05. The highest BCUT2D eigenvalue weighted by Gasteiger charge is 2.06. The van der Waals surface area contributed by atoms with Crippen LogP contribution in [-0.4, -0.2) is 5.91 Å². The summed E-state index contributed by atoms with van der Waals surface area (Å²) in [6.07, 6.45) is 5.39. The third-order valence-electron chi connectivity index (χ3n) is 3.59. The topological polar surface area (TPSA) is 38.3 Å². The lowest BCUT2D eigenvalue weighted by molar-refractivity contribution is -0.114. The minimum atomic E-state index is -0.0718. The Balaban J connectivity index is 2.22. The van der Waals surface area contributed by atoms with Gasteiger partial charge in [0.1, 0.15) is 11.5 Å². The average Bonchev–Trinajstić information content (AvgIpc) is 2.54. The molecule has 2 aromatic carbocycles. The van der Waals surface area contributed by atoms with Crippen LogP contribution < -0.4 is 10.1 Å². The molecule has 0 aliphatic heterocycles. The molecule has 2 aromatic rings. The van der Waals surface area contributed by atoms with Crippen molar-refractivity contribution in [3.8, 4) is 5.75 Å². The second-order valence-corrected chi connectivity index (χ2v) is 5.89. The number of carbonyl (C=O) groups is 1. The quantitative estimate of drug-likeness (QED) is 0.535. The molecule has 0 fully saturated rings. The number of nitrogens with one attached hydrogen (secondary N) is 1. The Morgan fingerprint density at radius 2 is 1.92 bits per heavy atom. The number of anilines is 1. The predicted octanol–water partition coefficient (Wildman–Crippen LogP) is 5.56. The van der Waals surface area contributed by atoms with Gasteiger partial charge in [-0.15, -0.1) is 0 Å². The fraction of sp³-hybridized carbons (Fsp3) is 0.286. The number of amides is 1. The molecule has 0 aliphatic rings. The standard InChI is InChI=1S/C21H25NO2/c1-4-5-6-10-21(24-20-9-7-8-16(2)15-20)18-11-13-19(14-12-18)22-17(3)23/h7-15H,4-6H2,1-3H3,(H,22,23)/b21-10-. The molecular formula is C21H25NO2. The monoisotopic (exact) mass is 323 g/mol. The summed E-state index contributed by atoms with van der Waals surface area (Å²) in [7, 11) is 0. The first-order chi connectivity index (χ1) is 11.6. The van der Waals surface area contributed by atoms with Crippen LogP contribution in [0.15, 0.2) is 54.6 Å². The first-order valence-corrected chi connectivity index (χ1v) is 8.41. The van der Waals surface area contributed by atoms with Gasteiger partial charge in [-0.25, -0.2) is 0 Å². The predicted molar refractivity (Wildman–Crippen MR) is 100 cm³/mol. The van der Waals surface area contributed by atoms with Gasteiger partial charge in [0.25, 0.3) is 0 Å². The number of aryl methyl sites for hydroxylation is 1. The molecule has 0 unspecified atom stereocenters. The lowest BCUT2D eigenvalue weighted by Gasteiger charge is -2.12. The molecule has 126 valence electrons. The van der Waals surface area contributed by atoms with Gasteiger partial charge in [-0.3, -0.25) is 4.79 Å². The summed E-state index contributed by atoms with van der Waals surface area (Å²) >= 11 is 0. The SMILES string of the molecule is CCCC/C=C(\Oc1cccc(C)c1)c1ccc(NC(C)=O)cc1. The van der Waals surface area contributed by atoms with Crippen molar-refractivity contribution in [2.75, 3.05) is 5.32 Å². The van der Waals surface area contributed by atoms with Crippen molar-refractivity contribution in [2.24, 2.45) is 0 Å². The maximum absolute atomic E-state index is 11.1. The van der Waals surface area contributed by atoms with Crippen molar-refractivity contribution >= 4 is 17.4 Å². The summed E-state index contributed by atoms with van der Waals surface area (Å²) in [5.74, 6) is 1.62. The molecule has 0 heterocycles. The van der Waals surface area contributed by atoms with E-state index >= 15 is 0 Å². The van der Waals surface area contributed by atoms with Crippen molar-refractivity contribution in [3.05, 3.63) is 65.7 Å². The van der Waals surface area contributed by atoms with Gasteiger partial charge in [-0.1, -0.05) is 25.5 Å². The van der Waals surface area contributed by atoms with Crippen LogP contribution in [0.25, 0.3) is 5.76 Å². The van der Waals surface area contributed by atoms with E-state index in [-0.39, 0.29) is 5.91 Å². The fourth-order valence-corrected chi connectivity index (χ4v) is 2.38. The van der Waals surface area contributed by atoms with Crippen LogP contribution in [0.2, 0.25) is 0 Å². The maximum Gasteiger partial charge on any atom is 0.221 e. The summed E-state index contributed by atoms with van der Waals surface area (Å²) < 4.78 is 6.12. The van der Waals surface area contributed by atoms with E-state index in [0.717, 1.165) is 42.0 Å². The van der Waals surface area contributed by atoms with E-state index < -0.39 is 0 Å². The number of benzene rings is 2. The minimum Gasteiger partial charge on any atom is -0.457 e. The van der Waals surface area contributed by atoms with Crippen LogP contribution >= 0.6 is 0 Å². The first-order valence-electron chi connectivity index (χ1n) is 8.41. The molecule has 0 saturated carbocycles. The largest absolute Gasteiger partial charge is 0.457 e. The highest BCUT2D eigenvalue weighted by molar-refractivity contribution is 5.88. The number of ether oxygens (including phenoxy) is 1. The lowest BCUT2D eigenvalue weighted by atomic mass is 10.1. The summed E-state index contributed by atoms with van der Waals surface area (Å²) in [6, 6.07) is 15.8. The molecule has 0 aliphatic carbocycles. The summed E-state index contributed by atoms with van der Waals surface area (Å²) in [4.78, 5) is 11.1. The number of rotatable bonds is 7. The van der Waals surface area contributed by atoms with Gasteiger partial charge in [0, 0.05) is 18.2 Å². The van der Waals surface area contributed by atoms with E-state index in [1.807, 2.05) is 42.5 Å². The first kappa shape index (κ1) is 17.8. The Kier molecular flexibility index (Phi) is 6.62. The van der Waals surface area contributed by atoms with E-state index in [1.165, 1.54) is 12.5 Å². The minimum absolute atomic E-state index is 0.0718. The molecule has 3 nitrogen and oxygen atoms in total. The zero-order valence-corrected chi connectivity index (χ0v) is 14.6. The van der Waals surface area contributed by atoms with Crippen LogP contribution in [0.1, 0.15) is 44.2 Å². The van der Waals surface area contributed by atoms with Crippen molar-refractivity contribution in [2.45, 2.75) is 40.0 Å². The van der Waals surface area contributed by atoms with Gasteiger partial charge >= 0.3 is 0 Å². The molecule has 0 spiro atoms. The molecule has 24 heavy (non-hydrogen) atoms. The van der Waals surface area contributed by atoms with E-state index in [4.69, 9.17) is 4.74 Å². The van der Waals surface area contributed by atoms with E-state index in [1.54, 1.807) is 0 Å². The second kappa shape index (κ2) is 8.92. The molecular weight excluding hydrogens is 298 g/mol. The third-order valence-corrected chi connectivity index (χ3v) is 3.59. The fourth-order valence-electron chi connectivity index (χ4n) is 2.38. The smallest absolute Gasteiger partial charge is 0.221 e. The maximum atomic E-state index is 11.1. The molecule has 3 heteroatoms. The second-order valence-electron chi connectivity index (χ2n) is 5.89. The molecule has 0 bridgehead atoms. The molecule has 1 N–H and O–H groups in total. The Labute approximate surface area is 144 Å². The highest BCUT2D eigenvalue weighted by atomic mass is 16.5. The van der Waals surface area contributed by atoms with Gasteiger partial charge in [-0.2, -0.15) is 0 Å². The number of carbonyl (C=O) groups excluding carboxylic acids is 1. The van der Waals surface area contributed by atoms with Crippen LogP contribution in [0.3, 0.4) is 0 Å². The molecule has 0 aromatic heterocycles. The molecule has 0 atom stereocenters.